The molecule has 1 aromatic heterocycles. The molecule has 2 amide bonds. The maximum absolute atomic E-state index is 13.1. The number of para-hydroxylation sites is 1. The summed E-state index contributed by atoms with van der Waals surface area (Å²) in [6.45, 7) is 8.27. The molecule has 2 N–H and O–H groups in total. The molecule has 2 atom stereocenters. The SMILES string of the molecule is CCCCN1CCCC(NC(=O)[C@H](CC(C)C)NC(=O)c2cc3ccccc3o2)C(=O)C1. The van der Waals surface area contributed by atoms with Crippen molar-refractivity contribution >= 4 is 28.6 Å². The lowest BCUT2D eigenvalue weighted by molar-refractivity contribution is -0.129. The van der Waals surface area contributed by atoms with Crippen molar-refractivity contribution in [1.82, 2.24) is 15.5 Å². The molecule has 1 saturated heterocycles. The number of carbonyl (C=O) groups is 3. The molecule has 1 aliphatic rings. The molecule has 174 valence electrons. The first-order chi connectivity index (χ1) is 15.4. The summed E-state index contributed by atoms with van der Waals surface area (Å²) in [5.41, 5.74) is 0.624. The molecular formula is C25H35N3O4. The van der Waals surface area contributed by atoms with Crippen LogP contribution in [0.15, 0.2) is 34.7 Å². The smallest absolute Gasteiger partial charge is 0.287 e. The van der Waals surface area contributed by atoms with Gasteiger partial charge in [-0.3, -0.25) is 19.3 Å². The molecule has 3 rings (SSSR count). The number of Topliss-reactive ketones (excluding diaryl/α,β-unsaturated/α-hetero) is 1. The van der Waals surface area contributed by atoms with Crippen LogP contribution in [0.4, 0.5) is 0 Å². The van der Waals surface area contributed by atoms with Crippen LogP contribution in [0.25, 0.3) is 11.0 Å². The summed E-state index contributed by atoms with van der Waals surface area (Å²) in [6.07, 6.45) is 4.11. The minimum atomic E-state index is -0.733. The van der Waals surface area contributed by atoms with Gasteiger partial charge in [-0.25, -0.2) is 0 Å². The zero-order valence-corrected chi connectivity index (χ0v) is 19.4. The lowest BCUT2D eigenvalue weighted by atomic mass is 10.0. The first kappa shape index (κ1) is 24.0. The molecule has 1 unspecified atom stereocenters. The summed E-state index contributed by atoms with van der Waals surface area (Å²) in [6, 6.07) is 7.82. The normalized spacial score (nSPS) is 18.5. The summed E-state index contributed by atoms with van der Waals surface area (Å²) in [5, 5.41) is 6.56. The van der Waals surface area contributed by atoms with Gasteiger partial charge in [0.1, 0.15) is 11.6 Å². The van der Waals surface area contributed by atoms with E-state index in [1.165, 1.54) is 0 Å². The Kier molecular flexibility index (Phi) is 8.45. The zero-order chi connectivity index (χ0) is 23.1. The largest absolute Gasteiger partial charge is 0.451 e. The van der Waals surface area contributed by atoms with E-state index >= 15 is 0 Å². The van der Waals surface area contributed by atoms with E-state index in [0.717, 1.165) is 37.7 Å². The van der Waals surface area contributed by atoms with Gasteiger partial charge < -0.3 is 15.1 Å². The number of carbonyl (C=O) groups excluding carboxylic acids is 3. The summed E-state index contributed by atoms with van der Waals surface area (Å²) in [4.78, 5) is 40.8. The van der Waals surface area contributed by atoms with Crippen molar-refractivity contribution in [2.45, 2.75) is 65.0 Å². The van der Waals surface area contributed by atoms with Gasteiger partial charge in [0, 0.05) is 5.39 Å². The van der Waals surface area contributed by atoms with Crippen molar-refractivity contribution in [3.05, 3.63) is 36.1 Å². The third-order valence-electron chi connectivity index (χ3n) is 5.86. The number of hydrogen-bond acceptors (Lipinski definition) is 5. The molecule has 32 heavy (non-hydrogen) atoms. The maximum atomic E-state index is 13.1. The van der Waals surface area contributed by atoms with Crippen LogP contribution >= 0.6 is 0 Å². The first-order valence-corrected chi connectivity index (χ1v) is 11.7. The number of furan rings is 1. The number of benzene rings is 1. The minimum Gasteiger partial charge on any atom is -0.451 e. The number of likely N-dealkylation sites (tertiary alicyclic amines) is 1. The fourth-order valence-electron chi connectivity index (χ4n) is 4.11. The number of amides is 2. The van der Waals surface area contributed by atoms with E-state index in [-0.39, 0.29) is 23.4 Å². The number of rotatable bonds is 9. The van der Waals surface area contributed by atoms with Crippen LogP contribution in [0.5, 0.6) is 0 Å². The maximum Gasteiger partial charge on any atom is 0.287 e. The van der Waals surface area contributed by atoms with E-state index in [0.29, 0.717) is 25.0 Å². The third kappa shape index (κ3) is 6.42. The van der Waals surface area contributed by atoms with Crippen molar-refractivity contribution in [3.63, 3.8) is 0 Å². The average molecular weight is 442 g/mol. The van der Waals surface area contributed by atoms with Gasteiger partial charge in [-0.1, -0.05) is 45.4 Å². The van der Waals surface area contributed by atoms with Crippen molar-refractivity contribution in [3.8, 4) is 0 Å². The second-order valence-electron chi connectivity index (χ2n) is 9.10. The first-order valence-electron chi connectivity index (χ1n) is 11.7. The van der Waals surface area contributed by atoms with Gasteiger partial charge >= 0.3 is 0 Å². The fraction of sp³-hybridized carbons (Fsp3) is 0.560. The predicted molar refractivity (Wildman–Crippen MR) is 124 cm³/mol. The van der Waals surface area contributed by atoms with Gasteiger partial charge in [0.05, 0.1) is 12.6 Å². The van der Waals surface area contributed by atoms with Gasteiger partial charge in [0.25, 0.3) is 5.91 Å². The molecule has 1 aliphatic heterocycles. The Morgan fingerprint density at radius 2 is 2.03 bits per heavy atom. The standard InChI is InChI=1S/C25H35N3O4/c1-4-5-12-28-13-8-10-19(21(29)16-28)26-24(30)20(14-17(2)3)27-25(31)23-15-18-9-6-7-11-22(18)32-23/h6-7,9,11,15,17,19-20H,4-5,8,10,12-14,16H2,1-3H3,(H,26,30)(H,27,31)/t19?,20-/m0/s1. The second-order valence-corrected chi connectivity index (χ2v) is 9.10. The van der Waals surface area contributed by atoms with Crippen molar-refractivity contribution < 1.29 is 18.8 Å². The number of fused-ring (bicyclic) bond motifs is 1. The highest BCUT2D eigenvalue weighted by Crippen LogP contribution is 2.19. The van der Waals surface area contributed by atoms with Gasteiger partial charge in [-0.15, -0.1) is 0 Å². The van der Waals surface area contributed by atoms with Gasteiger partial charge in [-0.2, -0.15) is 0 Å². The minimum absolute atomic E-state index is 0.0406. The van der Waals surface area contributed by atoms with Crippen LogP contribution in [0.1, 0.15) is 63.4 Å². The van der Waals surface area contributed by atoms with Crippen LogP contribution in [0.3, 0.4) is 0 Å². The Labute approximate surface area is 189 Å². The number of unbranched alkanes of at least 4 members (excludes halogenated alkanes) is 1. The summed E-state index contributed by atoms with van der Waals surface area (Å²) in [5.74, 6) is -0.344. The molecule has 0 spiro atoms. The van der Waals surface area contributed by atoms with Crippen LogP contribution in [-0.4, -0.2) is 54.2 Å². The third-order valence-corrected chi connectivity index (χ3v) is 5.86. The van der Waals surface area contributed by atoms with Gasteiger partial charge in [0.15, 0.2) is 11.5 Å². The molecule has 0 radical (unpaired) electrons. The molecule has 7 nitrogen and oxygen atoms in total. The van der Waals surface area contributed by atoms with E-state index < -0.39 is 18.0 Å². The molecule has 0 saturated carbocycles. The highest BCUT2D eigenvalue weighted by atomic mass is 16.3. The zero-order valence-electron chi connectivity index (χ0n) is 19.4. The lowest BCUT2D eigenvalue weighted by Gasteiger charge is -2.23. The Balaban J connectivity index is 1.65. The van der Waals surface area contributed by atoms with Gasteiger partial charge in [0.2, 0.25) is 5.91 Å². The van der Waals surface area contributed by atoms with E-state index in [2.05, 4.69) is 22.5 Å². The van der Waals surface area contributed by atoms with Crippen LogP contribution in [0.2, 0.25) is 0 Å². The van der Waals surface area contributed by atoms with Crippen LogP contribution in [-0.2, 0) is 9.59 Å². The quantitative estimate of drug-likeness (QED) is 0.621. The van der Waals surface area contributed by atoms with Crippen molar-refractivity contribution in [2.75, 3.05) is 19.6 Å². The topological polar surface area (TPSA) is 91.7 Å². The van der Waals surface area contributed by atoms with Gasteiger partial charge in [-0.05, 0) is 56.8 Å². The molecule has 7 heteroatoms. The second kappa shape index (κ2) is 11.3. The van der Waals surface area contributed by atoms with E-state index in [4.69, 9.17) is 4.42 Å². The summed E-state index contributed by atoms with van der Waals surface area (Å²) >= 11 is 0. The molecule has 2 heterocycles. The van der Waals surface area contributed by atoms with E-state index in [1.807, 2.05) is 32.0 Å². The van der Waals surface area contributed by atoms with E-state index in [9.17, 15) is 14.4 Å². The van der Waals surface area contributed by atoms with E-state index in [1.54, 1.807) is 12.1 Å². The average Bonchev–Trinajstić information content (AvgIpc) is 3.12. The highest BCUT2D eigenvalue weighted by Gasteiger charge is 2.30. The predicted octanol–water partition coefficient (Wildman–Crippen LogP) is 3.53. The number of nitrogens with one attached hydrogen (secondary N) is 2. The molecular weight excluding hydrogens is 406 g/mol. The van der Waals surface area contributed by atoms with Crippen molar-refractivity contribution in [2.24, 2.45) is 5.92 Å². The van der Waals surface area contributed by atoms with Crippen LogP contribution in [0, 0.1) is 5.92 Å². The molecule has 1 aromatic carbocycles. The lowest BCUT2D eigenvalue weighted by Crippen LogP contribution is -2.52. The van der Waals surface area contributed by atoms with Crippen molar-refractivity contribution in [1.29, 1.82) is 0 Å². The monoisotopic (exact) mass is 441 g/mol. The fourth-order valence-corrected chi connectivity index (χ4v) is 4.11. The molecule has 0 bridgehead atoms. The Morgan fingerprint density at radius 1 is 1.25 bits per heavy atom. The molecule has 0 aliphatic carbocycles. The summed E-state index contributed by atoms with van der Waals surface area (Å²) in [7, 11) is 0. The Hall–Kier alpha value is -2.67. The summed E-state index contributed by atoms with van der Waals surface area (Å²) < 4.78 is 5.64. The van der Waals surface area contributed by atoms with Crippen LogP contribution < -0.4 is 10.6 Å². The highest BCUT2D eigenvalue weighted by molar-refractivity contribution is 5.99. The molecule has 1 fully saturated rings. The Morgan fingerprint density at radius 3 is 2.75 bits per heavy atom. The molecule has 2 aromatic rings. The number of ketones is 1. The number of nitrogens with zero attached hydrogens (tertiary/aromatic N) is 1. The Bertz CT molecular complexity index is 903. The number of hydrogen-bond donors (Lipinski definition) is 2.